The van der Waals surface area contributed by atoms with E-state index in [1.807, 2.05) is 6.92 Å². The molecule has 0 atom stereocenters. The van der Waals surface area contributed by atoms with Gasteiger partial charge in [0.2, 0.25) is 0 Å². The van der Waals surface area contributed by atoms with Gasteiger partial charge in [-0.1, -0.05) is 6.07 Å². The highest BCUT2D eigenvalue weighted by Gasteiger charge is 2.29. The molecule has 1 fully saturated rings. The second kappa shape index (κ2) is 10.2. The van der Waals surface area contributed by atoms with Crippen molar-refractivity contribution in [2.45, 2.75) is 53.1 Å². The van der Waals surface area contributed by atoms with E-state index in [-0.39, 0.29) is 17.9 Å². The average Bonchev–Trinajstić information content (AvgIpc) is 3.24. The Hall–Kier alpha value is -3.26. The summed E-state index contributed by atoms with van der Waals surface area (Å²) in [7, 11) is 0. The second-order valence-electron chi connectivity index (χ2n) is 9.11. The first-order valence-corrected chi connectivity index (χ1v) is 11.9. The van der Waals surface area contributed by atoms with E-state index in [2.05, 4.69) is 27.4 Å². The van der Waals surface area contributed by atoms with E-state index in [4.69, 9.17) is 4.74 Å². The number of benzene rings is 1. The van der Waals surface area contributed by atoms with Gasteiger partial charge < -0.3 is 14.4 Å². The molecule has 0 spiro atoms. The normalized spacial score (nSPS) is 18.5. The lowest BCUT2D eigenvalue weighted by atomic mass is 10.0. The Balaban J connectivity index is 1.49. The van der Waals surface area contributed by atoms with E-state index in [1.54, 1.807) is 19.9 Å². The summed E-state index contributed by atoms with van der Waals surface area (Å²) < 4.78 is 34.6. The van der Waals surface area contributed by atoms with Crippen LogP contribution < -0.4 is 0 Å². The van der Waals surface area contributed by atoms with Crippen molar-refractivity contribution < 1.29 is 23.4 Å². The zero-order valence-electron chi connectivity index (χ0n) is 20.6. The SMILES string of the molecule is CCOC(=O)C1=C(O)/C(=C\c2cc(C)n(C3CCN(Cc4ccc(F)cc4F)CC3)c2C)N=C1C. The van der Waals surface area contributed by atoms with Crippen LogP contribution in [0.1, 0.15) is 55.2 Å². The van der Waals surface area contributed by atoms with E-state index in [1.165, 1.54) is 12.1 Å². The molecule has 1 N–H and O–H groups in total. The molecule has 0 radical (unpaired) electrons. The molecule has 0 saturated carbocycles. The van der Waals surface area contributed by atoms with Gasteiger partial charge >= 0.3 is 5.97 Å². The maximum absolute atomic E-state index is 14.0. The Kier molecular flexibility index (Phi) is 7.21. The Bertz CT molecular complexity index is 1230. The predicted molar refractivity (Wildman–Crippen MR) is 131 cm³/mol. The van der Waals surface area contributed by atoms with Crippen molar-refractivity contribution in [2.24, 2.45) is 4.99 Å². The minimum absolute atomic E-state index is 0.108. The summed E-state index contributed by atoms with van der Waals surface area (Å²) in [6.45, 7) is 9.80. The first kappa shape index (κ1) is 24.9. The van der Waals surface area contributed by atoms with Crippen LogP contribution in [0, 0.1) is 25.5 Å². The van der Waals surface area contributed by atoms with E-state index in [0.717, 1.165) is 48.9 Å². The van der Waals surface area contributed by atoms with Gasteiger partial charge in [0.25, 0.3) is 0 Å². The molecule has 2 aromatic rings. The van der Waals surface area contributed by atoms with Crippen molar-refractivity contribution in [2.75, 3.05) is 19.7 Å². The Morgan fingerprint density at radius 2 is 1.91 bits per heavy atom. The lowest BCUT2D eigenvalue weighted by Crippen LogP contribution is -2.35. The maximum atomic E-state index is 14.0. The third-order valence-electron chi connectivity index (χ3n) is 6.76. The largest absolute Gasteiger partial charge is 0.505 e. The van der Waals surface area contributed by atoms with Gasteiger partial charge in [-0.15, -0.1) is 0 Å². The number of carbonyl (C=O) groups excluding carboxylic acids is 1. The highest BCUT2D eigenvalue weighted by atomic mass is 19.1. The molecular formula is C27H31F2N3O3. The van der Waals surface area contributed by atoms with Crippen LogP contribution in [-0.2, 0) is 16.1 Å². The van der Waals surface area contributed by atoms with Crippen LogP contribution in [0.3, 0.4) is 0 Å². The van der Waals surface area contributed by atoms with Crippen LogP contribution in [0.5, 0.6) is 0 Å². The quantitative estimate of drug-likeness (QED) is 0.558. The summed E-state index contributed by atoms with van der Waals surface area (Å²) in [5.41, 5.74) is 4.49. The lowest BCUT2D eigenvalue weighted by molar-refractivity contribution is -0.138. The number of piperidine rings is 1. The van der Waals surface area contributed by atoms with Crippen molar-refractivity contribution in [1.82, 2.24) is 9.47 Å². The minimum Gasteiger partial charge on any atom is -0.505 e. The molecule has 8 heteroatoms. The first-order valence-electron chi connectivity index (χ1n) is 11.9. The molecule has 6 nitrogen and oxygen atoms in total. The number of likely N-dealkylation sites (tertiary alicyclic amines) is 1. The summed E-state index contributed by atoms with van der Waals surface area (Å²) in [6.07, 6.45) is 3.62. The second-order valence-corrected chi connectivity index (χ2v) is 9.11. The molecule has 1 aromatic heterocycles. The third-order valence-corrected chi connectivity index (χ3v) is 6.76. The summed E-state index contributed by atoms with van der Waals surface area (Å²) in [5, 5.41) is 10.6. The molecule has 2 aliphatic heterocycles. The summed E-state index contributed by atoms with van der Waals surface area (Å²) >= 11 is 0. The molecule has 3 heterocycles. The number of carbonyl (C=O) groups is 1. The number of aliphatic hydroxyl groups is 1. The number of aliphatic hydroxyl groups excluding tert-OH is 1. The molecule has 4 rings (SSSR count). The molecule has 0 bridgehead atoms. The van der Waals surface area contributed by atoms with Gasteiger partial charge in [-0.05, 0) is 64.3 Å². The molecule has 1 saturated heterocycles. The van der Waals surface area contributed by atoms with Gasteiger partial charge in [0.05, 0.1) is 12.3 Å². The molecule has 186 valence electrons. The average molecular weight is 484 g/mol. The first-order chi connectivity index (χ1) is 16.7. The minimum atomic E-state index is -0.576. The monoisotopic (exact) mass is 483 g/mol. The highest BCUT2D eigenvalue weighted by Crippen LogP contribution is 2.32. The number of nitrogens with zero attached hydrogens (tertiary/aromatic N) is 3. The van der Waals surface area contributed by atoms with Crippen LogP contribution >= 0.6 is 0 Å². The number of rotatable bonds is 6. The van der Waals surface area contributed by atoms with E-state index in [9.17, 15) is 18.7 Å². The number of hydrogen-bond acceptors (Lipinski definition) is 5. The van der Waals surface area contributed by atoms with Crippen LogP contribution in [-0.4, -0.2) is 46.0 Å². The number of halogens is 2. The van der Waals surface area contributed by atoms with Gasteiger partial charge in [-0.25, -0.2) is 18.6 Å². The van der Waals surface area contributed by atoms with Gasteiger partial charge in [0.1, 0.15) is 22.9 Å². The number of hydrogen-bond donors (Lipinski definition) is 1. The fourth-order valence-electron chi connectivity index (χ4n) is 5.02. The molecule has 35 heavy (non-hydrogen) atoms. The van der Waals surface area contributed by atoms with Gasteiger partial charge in [-0.2, -0.15) is 0 Å². The number of ether oxygens (including phenoxy) is 1. The maximum Gasteiger partial charge on any atom is 0.343 e. The smallest absolute Gasteiger partial charge is 0.343 e. The molecular weight excluding hydrogens is 452 g/mol. The summed E-state index contributed by atoms with van der Waals surface area (Å²) in [6, 6.07) is 6.10. The van der Waals surface area contributed by atoms with Crippen molar-refractivity contribution in [3.8, 4) is 0 Å². The van der Waals surface area contributed by atoms with Gasteiger partial charge in [0.15, 0.2) is 5.76 Å². The van der Waals surface area contributed by atoms with Crippen molar-refractivity contribution >= 4 is 17.8 Å². The number of esters is 1. The lowest BCUT2D eigenvalue weighted by Gasteiger charge is -2.34. The fraction of sp³-hybridized carbons (Fsp3) is 0.407. The predicted octanol–water partition coefficient (Wildman–Crippen LogP) is 5.41. The number of aromatic nitrogens is 1. The van der Waals surface area contributed by atoms with Crippen LogP contribution in [0.2, 0.25) is 0 Å². The van der Waals surface area contributed by atoms with Crippen molar-refractivity contribution in [1.29, 1.82) is 0 Å². The summed E-state index contributed by atoms with van der Waals surface area (Å²) in [4.78, 5) is 18.8. The Labute approximate surface area is 204 Å². The highest BCUT2D eigenvalue weighted by molar-refractivity contribution is 6.22. The van der Waals surface area contributed by atoms with E-state index in [0.29, 0.717) is 29.6 Å². The zero-order chi connectivity index (χ0) is 25.3. The molecule has 2 aliphatic rings. The van der Waals surface area contributed by atoms with Crippen molar-refractivity contribution in [3.05, 3.63) is 75.4 Å². The van der Waals surface area contributed by atoms with E-state index >= 15 is 0 Å². The van der Waals surface area contributed by atoms with E-state index < -0.39 is 17.6 Å². The number of aliphatic imine (C=N–C) groups is 1. The molecule has 0 amide bonds. The Morgan fingerprint density at radius 1 is 1.20 bits per heavy atom. The summed E-state index contributed by atoms with van der Waals surface area (Å²) in [5.74, 6) is -1.80. The molecule has 0 unspecified atom stereocenters. The van der Waals surface area contributed by atoms with Gasteiger partial charge in [0, 0.05) is 48.7 Å². The number of aryl methyl sites for hydroxylation is 1. The van der Waals surface area contributed by atoms with Crippen LogP contribution in [0.25, 0.3) is 6.08 Å². The molecule has 1 aromatic carbocycles. The fourth-order valence-corrected chi connectivity index (χ4v) is 5.02. The van der Waals surface area contributed by atoms with Gasteiger partial charge in [-0.3, -0.25) is 4.90 Å². The Morgan fingerprint density at radius 3 is 2.57 bits per heavy atom. The van der Waals surface area contributed by atoms with Crippen LogP contribution in [0.4, 0.5) is 8.78 Å². The van der Waals surface area contributed by atoms with Crippen molar-refractivity contribution in [3.63, 3.8) is 0 Å². The topological polar surface area (TPSA) is 67.1 Å². The van der Waals surface area contributed by atoms with Crippen LogP contribution in [0.15, 0.2) is 46.3 Å². The third kappa shape index (κ3) is 5.07. The molecule has 0 aliphatic carbocycles. The standard InChI is InChI=1S/C27H31F2N3O3/c1-5-35-27(34)25-17(3)30-24(26(25)33)13-20-12-16(2)32(18(20)4)22-8-10-31(11-9-22)15-19-6-7-21(28)14-23(19)29/h6-7,12-14,22,33H,5,8-11,15H2,1-4H3/b24-13+. The zero-order valence-corrected chi connectivity index (χ0v) is 20.6.